The van der Waals surface area contributed by atoms with Crippen molar-refractivity contribution in [2.75, 3.05) is 3.11 Å². The van der Waals surface area contributed by atoms with E-state index < -0.39 is 0 Å². The second-order valence-corrected chi connectivity index (χ2v) is 5.23. The largest absolute Gasteiger partial charge is 0.283 e. The molecule has 0 N–H and O–H groups in total. The van der Waals surface area contributed by atoms with E-state index in [1.807, 2.05) is 0 Å². The molecule has 0 bridgehead atoms. The van der Waals surface area contributed by atoms with Crippen LogP contribution in [0.1, 0.15) is 18.9 Å². The average Bonchev–Trinajstić information content (AvgIpc) is 2.54. The number of aryl methyl sites for hydroxylation is 1. The van der Waals surface area contributed by atoms with Gasteiger partial charge in [-0.15, -0.1) is 0 Å². The van der Waals surface area contributed by atoms with Crippen molar-refractivity contribution in [3.63, 3.8) is 0 Å². The predicted molar refractivity (Wildman–Crippen MR) is 83.3 cm³/mol. The van der Waals surface area contributed by atoms with E-state index in [0.29, 0.717) is 0 Å². The van der Waals surface area contributed by atoms with Gasteiger partial charge in [0, 0.05) is 5.70 Å². The standard InChI is InChI=1S/C15H16IN/c1-12-4-3-5-14(9-6-12)17(16)15-10-7-13(2)8-11-15/h4-11H,3H2,1-2H3. The van der Waals surface area contributed by atoms with Gasteiger partial charge in [-0.2, -0.15) is 0 Å². The van der Waals surface area contributed by atoms with Crippen LogP contribution in [-0.2, 0) is 0 Å². The van der Waals surface area contributed by atoms with Crippen molar-refractivity contribution in [1.29, 1.82) is 0 Å². The predicted octanol–water partition coefficient (Wildman–Crippen LogP) is 4.94. The average molecular weight is 337 g/mol. The molecular weight excluding hydrogens is 321 g/mol. The second kappa shape index (κ2) is 5.54. The third-order valence-corrected chi connectivity index (χ3v) is 3.89. The van der Waals surface area contributed by atoms with E-state index >= 15 is 0 Å². The Bertz CT molecular complexity index is 480. The van der Waals surface area contributed by atoms with E-state index in [2.05, 4.69) is 88.4 Å². The maximum absolute atomic E-state index is 2.35. The zero-order valence-electron chi connectivity index (χ0n) is 10.2. The maximum Gasteiger partial charge on any atom is 0.0646 e. The minimum absolute atomic E-state index is 1.000. The number of rotatable bonds is 2. The minimum atomic E-state index is 1.000. The van der Waals surface area contributed by atoms with E-state index in [1.54, 1.807) is 0 Å². The van der Waals surface area contributed by atoms with Crippen molar-refractivity contribution in [3.05, 3.63) is 65.4 Å². The minimum Gasteiger partial charge on any atom is -0.283 e. The number of hydrogen-bond donors (Lipinski definition) is 0. The van der Waals surface area contributed by atoms with Crippen LogP contribution in [0, 0.1) is 6.92 Å². The summed E-state index contributed by atoms with van der Waals surface area (Å²) >= 11 is 2.35. The molecule has 1 aromatic rings. The van der Waals surface area contributed by atoms with Crippen molar-refractivity contribution in [3.8, 4) is 0 Å². The van der Waals surface area contributed by atoms with Gasteiger partial charge in [0.1, 0.15) is 0 Å². The van der Waals surface area contributed by atoms with Crippen molar-refractivity contribution in [2.24, 2.45) is 0 Å². The molecule has 88 valence electrons. The molecular formula is C15H16IN. The molecule has 0 amide bonds. The highest BCUT2D eigenvalue weighted by molar-refractivity contribution is 14.1. The third kappa shape index (κ3) is 3.22. The fourth-order valence-electron chi connectivity index (χ4n) is 1.69. The van der Waals surface area contributed by atoms with E-state index in [9.17, 15) is 0 Å². The van der Waals surface area contributed by atoms with Gasteiger partial charge in [0.05, 0.1) is 28.6 Å². The van der Waals surface area contributed by atoms with E-state index in [1.165, 1.54) is 22.5 Å². The SMILES string of the molecule is CC1=CCC=C(N(I)c2ccc(C)cc2)C=C1. The number of anilines is 1. The Labute approximate surface area is 117 Å². The van der Waals surface area contributed by atoms with Gasteiger partial charge in [0.15, 0.2) is 0 Å². The Morgan fingerprint density at radius 2 is 1.71 bits per heavy atom. The molecule has 0 aliphatic heterocycles. The van der Waals surface area contributed by atoms with Crippen molar-refractivity contribution in [2.45, 2.75) is 20.3 Å². The molecule has 0 saturated carbocycles. The first-order valence-electron chi connectivity index (χ1n) is 5.74. The Kier molecular flexibility index (Phi) is 4.05. The summed E-state index contributed by atoms with van der Waals surface area (Å²) in [6.07, 6.45) is 9.83. The van der Waals surface area contributed by atoms with E-state index in [-0.39, 0.29) is 0 Å². The molecule has 1 aromatic carbocycles. The zero-order valence-corrected chi connectivity index (χ0v) is 12.3. The molecule has 2 rings (SSSR count). The Morgan fingerprint density at radius 1 is 1.00 bits per heavy atom. The van der Waals surface area contributed by atoms with Gasteiger partial charge in [-0.05, 0) is 38.5 Å². The highest BCUT2D eigenvalue weighted by atomic mass is 127. The lowest BCUT2D eigenvalue weighted by Gasteiger charge is -2.17. The van der Waals surface area contributed by atoms with Crippen LogP contribution in [0.2, 0.25) is 0 Å². The zero-order chi connectivity index (χ0) is 12.3. The molecule has 1 aliphatic carbocycles. The molecule has 2 heteroatoms. The molecule has 0 heterocycles. The number of halogens is 1. The lowest BCUT2D eigenvalue weighted by molar-refractivity contribution is 1.29. The van der Waals surface area contributed by atoms with Crippen LogP contribution in [0.5, 0.6) is 0 Å². The van der Waals surface area contributed by atoms with Crippen LogP contribution in [0.4, 0.5) is 5.69 Å². The fraction of sp³-hybridized carbons (Fsp3) is 0.200. The molecule has 1 nitrogen and oxygen atoms in total. The Morgan fingerprint density at radius 3 is 2.41 bits per heavy atom. The van der Waals surface area contributed by atoms with Crippen molar-refractivity contribution in [1.82, 2.24) is 0 Å². The third-order valence-electron chi connectivity index (χ3n) is 2.77. The van der Waals surface area contributed by atoms with Gasteiger partial charge in [-0.3, -0.25) is 3.11 Å². The number of allylic oxidation sites excluding steroid dienone is 5. The van der Waals surface area contributed by atoms with Gasteiger partial charge in [0.25, 0.3) is 0 Å². The van der Waals surface area contributed by atoms with Crippen LogP contribution >= 0.6 is 22.9 Å². The molecule has 0 atom stereocenters. The highest BCUT2D eigenvalue weighted by Crippen LogP contribution is 2.26. The van der Waals surface area contributed by atoms with Crippen LogP contribution in [0.3, 0.4) is 0 Å². The quantitative estimate of drug-likeness (QED) is 0.546. The first-order valence-corrected chi connectivity index (χ1v) is 6.71. The normalized spacial score (nSPS) is 15.0. The topological polar surface area (TPSA) is 3.24 Å². The summed E-state index contributed by atoms with van der Waals surface area (Å²) in [6, 6.07) is 8.60. The van der Waals surface area contributed by atoms with Crippen LogP contribution in [0.25, 0.3) is 0 Å². The molecule has 0 aromatic heterocycles. The van der Waals surface area contributed by atoms with Crippen molar-refractivity contribution >= 4 is 28.6 Å². The maximum atomic E-state index is 2.35. The summed E-state index contributed by atoms with van der Waals surface area (Å²) < 4.78 is 2.19. The molecule has 0 saturated heterocycles. The lowest BCUT2D eigenvalue weighted by atomic mass is 10.2. The Balaban J connectivity index is 2.21. The van der Waals surface area contributed by atoms with Crippen LogP contribution in [0.15, 0.2) is 59.8 Å². The summed E-state index contributed by atoms with van der Waals surface area (Å²) in [7, 11) is 0. The fourth-order valence-corrected chi connectivity index (χ4v) is 2.37. The van der Waals surface area contributed by atoms with Crippen LogP contribution < -0.4 is 3.11 Å². The summed E-state index contributed by atoms with van der Waals surface area (Å²) in [6.45, 7) is 4.25. The molecule has 0 spiro atoms. The monoisotopic (exact) mass is 337 g/mol. The highest BCUT2D eigenvalue weighted by Gasteiger charge is 2.06. The second-order valence-electron chi connectivity index (χ2n) is 4.26. The van der Waals surface area contributed by atoms with Crippen molar-refractivity contribution < 1.29 is 0 Å². The smallest absolute Gasteiger partial charge is 0.0646 e. The first-order chi connectivity index (χ1) is 8.16. The number of hydrogen-bond acceptors (Lipinski definition) is 1. The summed E-state index contributed by atoms with van der Waals surface area (Å²) in [5.74, 6) is 0. The van der Waals surface area contributed by atoms with Gasteiger partial charge >= 0.3 is 0 Å². The summed E-state index contributed by atoms with van der Waals surface area (Å²) in [4.78, 5) is 0. The molecule has 1 aliphatic rings. The molecule has 0 unspecified atom stereocenters. The first kappa shape index (κ1) is 12.4. The molecule has 17 heavy (non-hydrogen) atoms. The van der Waals surface area contributed by atoms with Gasteiger partial charge in [0.2, 0.25) is 0 Å². The van der Waals surface area contributed by atoms with Gasteiger partial charge in [-0.25, -0.2) is 0 Å². The van der Waals surface area contributed by atoms with Gasteiger partial charge < -0.3 is 0 Å². The Hall–Kier alpha value is -1.03. The van der Waals surface area contributed by atoms with Crippen LogP contribution in [-0.4, -0.2) is 0 Å². The number of benzene rings is 1. The van der Waals surface area contributed by atoms with Gasteiger partial charge in [-0.1, -0.05) is 41.5 Å². The summed E-state index contributed by atoms with van der Waals surface area (Å²) in [5, 5.41) is 0. The lowest BCUT2D eigenvalue weighted by Crippen LogP contribution is -2.06. The van der Waals surface area contributed by atoms with E-state index in [0.717, 1.165) is 6.42 Å². The molecule has 0 radical (unpaired) electrons. The van der Waals surface area contributed by atoms with E-state index in [4.69, 9.17) is 0 Å². The number of nitrogens with zero attached hydrogens (tertiary/aromatic N) is 1. The summed E-state index contributed by atoms with van der Waals surface area (Å²) in [5.41, 5.74) is 5.07. The molecule has 0 fully saturated rings.